The highest BCUT2D eigenvalue weighted by molar-refractivity contribution is 7.98. The largest absolute Gasteiger partial charge is 0.376 e. The maximum atomic E-state index is 6.08. The lowest BCUT2D eigenvalue weighted by Gasteiger charge is -2.35. The number of rotatable bonds is 7. The fourth-order valence-electron chi connectivity index (χ4n) is 3.17. The van der Waals surface area contributed by atoms with E-state index in [4.69, 9.17) is 9.47 Å². The van der Waals surface area contributed by atoms with Crippen LogP contribution in [0.5, 0.6) is 0 Å². The van der Waals surface area contributed by atoms with Crippen LogP contribution >= 0.6 is 11.8 Å². The van der Waals surface area contributed by atoms with Crippen LogP contribution in [0.3, 0.4) is 0 Å². The van der Waals surface area contributed by atoms with Crippen LogP contribution in [0.1, 0.15) is 38.5 Å². The Morgan fingerprint density at radius 2 is 2.13 bits per heavy atom. The topological polar surface area (TPSA) is 46.1 Å². The zero-order valence-electron chi connectivity index (χ0n) is 14.8. The summed E-state index contributed by atoms with van der Waals surface area (Å²) in [6.07, 6.45) is 9.85. The number of thioether (sulfide) groups is 1. The standard InChI is InChI=1S/C17H33N3O2S/c1-18-17(19-9-5-13-23-2)20-10-7-15(8-11-20)22-14-16-6-3-4-12-21-16/h15-16H,3-14H2,1-2H3,(H,18,19). The summed E-state index contributed by atoms with van der Waals surface area (Å²) in [4.78, 5) is 6.77. The first-order valence-electron chi connectivity index (χ1n) is 9.01. The molecular weight excluding hydrogens is 310 g/mol. The van der Waals surface area contributed by atoms with Gasteiger partial charge in [0, 0.05) is 33.3 Å². The number of nitrogens with zero attached hydrogens (tertiary/aromatic N) is 2. The fraction of sp³-hybridized carbons (Fsp3) is 0.941. The van der Waals surface area contributed by atoms with E-state index in [1.807, 2.05) is 18.8 Å². The van der Waals surface area contributed by atoms with E-state index >= 15 is 0 Å². The second-order valence-corrected chi connectivity index (χ2v) is 7.31. The van der Waals surface area contributed by atoms with Crippen molar-refractivity contribution in [2.75, 3.05) is 51.9 Å². The molecule has 0 aromatic rings. The average Bonchev–Trinajstić information content (AvgIpc) is 2.62. The summed E-state index contributed by atoms with van der Waals surface area (Å²) < 4.78 is 11.8. The third kappa shape index (κ3) is 6.89. The van der Waals surface area contributed by atoms with E-state index in [2.05, 4.69) is 21.5 Å². The van der Waals surface area contributed by atoms with Crippen molar-refractivity contribution in [3.8, 4) is 0 Å². The molecule has 5 nitrogen and oxygen atoms in total. The van der Waals surface area contributed by atoms with E-state index in [9.17, 15) is 0 Å². The Hall–Kier alpha value is -0.460. The lowest BCUT2D eigenvalue weighted by molar-refractivity contribution is -0.0721. The quantitative estimate of drug-likeness (QED) is 0.437. The summed E-state index contributed by atoms with van der Waals surface area (Å²) in [6.45, 7) is 4.73. The molecule has 134 valence electrons. The minimum atomic E-state index is 0.327. The summed E-state index contributed by atoms with van der Waals surface area (Å²) in [5.41, 5.74) is 0. The first-order chi connectivity index (χ1) is 11.3. The van der Waals surface area contributed by atoms with Crippen LogP contribution in [0.2, 0.25) is 0 Å². The number of guanidine groups is 1. The molecule has 1 unspecified atom stereocenters. The van der Waals surface area contributed by atoms with Crippen LogP contribution in [0.25, 0.3) is 0 Å². The fourth-order valence-corrected chi connectivity index (χ4v) is 3.60. The number of hydrogen-bond acceptors (Lipinski definition) is 4. The Kier molecular flexibility index (Phi) is 9.15. The Labute approximate surface area is 145 Å². The second kappa shape index (κ2) is 11.2. The molecule has 2 aliphatic rings. The van der Waals surface area contributed by atoms with Gasteiger partial charge in [0.25, 0.3) is 0 Å². The molecule has 0 aromatic carbocycles. The van der Waals surface area contributed by atoms with E-state index in [0.717, 1.165) is 58.1 Å². The lowest BCUT2D eigenvalue weighted by Crippen LogP contribution is -2.47. The molecule has 0 spiro atoms. The first kappa shape index (κ1) is 18.9. The number of piperidine rings is 1. The Morgan fingerprint density at radius 1 is 1.30 bits per heavy atom. The molecule has 2 fully saturated rings. The molecule has 23 heavy (non-hydrogen) atoms. The third-order valence-electron chi connectivity index (χ3n) is 4.55. The molecule has 2 aliphatic heterocycles. The van der Waals surface area contributed by atoms with Crippen molar-refractivity contribution in [2.24, 2.45) is 4.99 Å². The van der Waals surface area contributed by atoms with Crippen LogP contribution < -0.4 is 5.32 Å². The summed E-state index contributed by atoms with van der Waals surface area (Å²) in [6, 6.07) is 0. The minimum absolute atomic E-state index is 0.327. The maximum absolute atomic E-state index is 6.08. The van der Waals surface area contributed by atoms with Gasteiger partial charge in [0.15, 0.2) is 5.96 Å². The van der Waals surface area contributed by atoms with Gasteiger partial charge in [-0.2, -0.15) is 11.8 Å². The monoisotopic (exact) mass is 343 g/mol. The molecule has 1 N–H and O–H groups in total. The van der Waals surface area contributed by atoms with Crippen molar-refractivity contribution in [1.29, 1.82) is 0 Å². The summed E-state index contributed by atoms with van der Waals surface area (Å²) in [7, 11) is 1.87. The van der Waals surface area contributed by atoms with Gasteiger partial charge in [-0.1, -0.05) is 0 Å². The number of hydrogen-bond donors (Lipinski definition) is 1. The van der Waals surface area contributed by atoms with Gasteiger partial charge >= 0.3 is 0 Å². The molecule has 0 amide bonds. The van der Waals surface area contributed by atoms with Crippen molar-refractivity contribution in [3.63, 3.8) is 0 Å². The van der Waals surface area contributed by atoms with E-state index < -0.39 is 0 Å². The molecule has 2 heterocycles. The maximum Gasteiger partial charge on any atom is 0.193 e. The molecule has 1 atom stereocenters. The van der Waals surface area contributed by atoms with Gasteiger partial charge in [0.2, 0.25) is 0 Å². The molecule has 2 rings (SSSR count). The summed E-state index contributed by atoms with van der Waals surface area (Å²) in [5.74, 6) is 2.24. The molecule has 0 saturated carbocycles. The Bertz CT molecular complexity index is 341. The number of likely N-dealkylation sites (tertiary alicyclic amines) is 1. The van der Waals surface area contributed by atoms with Gasteiger partial charge in [0.1, 0.15) is 0 Å². The molecule has 0 bridgehead atoms. The summed E-state index contributed by atoms with van der Waals surface area (Å²) >= 11 is 1.89. The minimum Gasteiger partial charge on any atom is -0.376 e. The molecule has 0 aliphatic carbocycles. The van der Waals surface area contributed by atoms with Crippen molar-refractivity contribution < 1.29 is 9.47 Å². The molecule has 2 saturated heterocycles. The van der Waals surface area contributed by atoms with Crippen LogP contribution in [-0.2, 0) is 9.47 Å². The number of aliphatic imine (C=N–C) groups is 1. The van der Waals surface area contributed by atoms with Crippen LogP contribution in [0.15, 0.2) is 4.99 Å². The Balaban J connectivity index is 1.62. The zero-order chi connectivity index (χ0) is 16.3. The van der Waals surface area contributed by atoms with E-state index in [1.165, 1.54) is 25.0 Å². The molecule has 0 aromatic heterocycles. The van der Waals surface area contributed by atoms with Crippen LogP contribution in [0, 0.1) is 0 Å². The number of nitrogens with one attached hydrogen (secondary N) is 1. The van der Waals surface area contributed by atoms with Gasteiger partial charge in [-0.05, 0) is 50.5 Å². The highest BCUT2D eigenvalue weighted by atomic mass is 32.2. The molecular formula is C17H33N3O2S. The van der Waals surface area contributed by atoms with E-state index in [1.54, 1.807) is 0 Å². The highest BCUT2D eigenvalue weighted by Crippen LogP contribution is 2.17. The smallest absolute Gasteiger partial charge is 0.193 e. The third-order valence-corrected chi connectivity index (χ3v) is 5.25. The van der Waals surface area contributed by atoms with Crippen molar-refractivity contribution >= 4 is 17.7 Å². The Morgan fingerprint density at radius 3 is 2.78 bits per heavy atom. The lowest BCUT2D eigenvalue weighted by atomic mass is 10.1. The van der Waals surface area contributed by atoms with Crippen LogP contribution in [0.4, 0.5) is 0 Å². The van der Waals surface area contributed by atoms with E-state index in [-0.39, 0.29) is 0 Å². The second-order valence-electron chi connectivity index (χ2n) is 6.33. The summed E-state index contributed by atoms with van der Waals surface area (Å²) in [5, 5.41) is 3.47. The van der Waals surface area contributed by atoms with Crippen molar-refractivity contribution in [3.05, 3.63) is 0 Å². The van der Waals surface area contributed by atoms with Gasteiger partial charge in [-0.15, -0.1) is 0 Å². The highest BCUT2D eigenvalue weighted by Gasteiger charge is 2.23. The normalized spacial score (nSPS) is 24.0. The average molecular weight is 344 g/mol. The van der Waals surface area contributed by atoms with Crippen molar-refractivity contribution in [2.45, 2.75) is 50.7 Å². The predicted octanol–water partition coefficient (Wildman–Crippen LogP) is 2.36. The molecule has 0 radical (unpaired) electrons. The zero-order valence-corrected chi connectivity index (χ0v) is 15.6. The number of ether oxygens (including phenoxy) is 2. The SMILES string of the molecule is CN=C(NCCCSC)N1CCC(OCC2CCCCO2)CC1. The molecule has 6 heteroatoms. The van der Waals surface area contributed by atoms with Gasteiger partial charge in [-0.25, -0.2) is 0 Å². The first-order valence-corrected chi connectivity index (χ1v) is 10.4. The van der Waals surface area contributed by atoms with E-state index in [0.29, 0.717) is 12.2 Å². The van der Waals surface area contributed by atoms with Gasteiger partial charge in [0.05, 0.1) is 18.8 Å². The van der Waals surface area contributed by atoms with Crippen LogP contribution in [-0.4, -0.2) is 75.0 Å². The predicted molar refractivity (Wildman–Crippen MR) is 98.5 cm³/mol. The van der Waals surface area contributed by atoms with Crippen molar-refractivity contribution in [1.82, 2.24) is 10.2 Å². The van der Waals surface area contributed by atoms with Gasteiger partial charge in [-0.3, -0.25) is 4.99 Å². The van der Waals surface area contributed by atoms with Gasteiger partial charge < -0.3 is 19.7 Å².